The summed E-state index contributed by atoms with van der Waals surface area (Å²) in [5.74, 6) is -0.347. The fraction of sp³-hybridized carbons (Fsp3) is 0.0370. The Hall–Kier alpha value is -4.09. The summed E-state index contributed by atoms with van der Waals surface area (Å²) in [7, 11) is 0. The third kappa shape index (κ3) is 3.59. The summed E-state index contributed by atoms with van der Waals surface area (Å²) >= 11 is 0. The molecule has 0 spiro atoms. The minimum absolute atomic E-state index is 0.241. The van der Waals surface area contributed by atoms with Crippen molar-refractivity contribution in [3.8, 4) is 33.5 Å². The van der Waals surface area contributed by atoms with Crippen molar-refractivity contribution in [2.75, 3.05) is 0 Å². The lowest BCUT2D eigenvalue weighted by Crippen LogP contribution is -2.08. The number of H-pyrrole nitrogens is 1. The smallest absolute Gasteiger partial charge is 0.257 e. The molecule has 3 aromatic carbocycles. The van der Waals surface area contributed by atoms with Gasteiger partial charge in [0, 0.05) is 29.4 Å². The van der Waals surface area contributed by atoms with E-state index in [2.05, 4.69) is 4.98 Å². The summed E-state index contributed by atoms with van der Waals surface area (Å²) in [6, 6.07) is 25.9. The van der Waals surface area contributed by atoms with E-state index in [1.54, 1.807) is 18.3 Å². The third-order valence-corrected chi connectivity index (χ3v) is 5.55. The Morgan fingerprint density at radius 1 is 0.812 bits per heavy atom. The SMILES string of the molecule is NCc1ccc(-c2nc3c(-c4cccc(F)c4)c[nH]c(=O)c3cc2-c2ccccc2)cc1. The normalized spacial score (nSPS) is 11.1. The van der Waals surface area contributed by atoms with Crippen LogP contribution in [0, 0.1) is 5.82 Å². The molecule has 32 heavy (non-hydrogen) atoms. The van der Waals surface area contributed by atoms with Gasteiger partial charge in [0.2, 0.25) is 0 Å². The van der Waals surface area contributed by atoms with E-state index >= 15 is 0 Å². The molecule has 2 aromatic heterocycles. The van der Waals surface area contributed by atoms with Crippen LogP contribution in [0.3, 0.4) is 0 Å². The Morgan fingerprint density at radius 2 is 1.56 bits per heavy atom. The molecule has 4 nitrogen and oxygen atoms in total. The average Bonchev–Trinajstić information content (AvgIpc) is 2.84. The lowest BCUT2D eigenvalue weighted by atomic mass is 9.95. The maximum Gasteiger partial charge on any atom is 0.257 e. The second kappa shape index (κ2) is 8.21. The maximum absolute atomic E-state index is 13.9. The van der Waals surface area contributed by atoms with E-state index in [1.165, 1.54) is 12.1 Å². The van der Waals surface area contributed by atoms with Crippen LogP contribution < -0.4 is 11.3 Å². The molecule has 0 amide bonds. The van der Waals surface area contributed by atoms with Crippen LogP contribution in [0.4, 0.5) is 4.39 Å². The van der Waals surface area contributed by atoms with Crippen molar-refractivity contribution in [2.24, 2.45) is 5.73 Å². The van der Waals surface area contributed by atoms with E-state index in [9.17, 15) is 9.18 Å². The van der Waals surface area contributed by atoms with E-state index in [1.807, 2.05) is 60.7 Å². The summed E-state index contributed by atoms with van der Waals surface area (Å²) in [6.07, 6.45) is 1.59. The molecule has 2 heterocycles. The van der Waals surface area contributed by atoms with E-state index in [0.717, 1.165) is 27.9 Å². The number of pyridine rings is 2. The Bertz CT molecular complexity index is 1480. The summed E-state index contributed by atoms with van der Waals surface area (Å²) in [4.78, 5) is 20.5. The molecule has 0 bridgehead atoms. The Morgan fingerprint density at radius 3 is 2.28 bits per heavy atom. The van der Waals surface area contributed by atoms with Gasteiger partial charge in [0.1, 0.15) is 5.82 Å². The number of nitrogens with two attached hydrogens (primary N) is 1. The summed E-state index contributed by atoms with van der Waals surface area (Å²) in [5.41, 5.74) is 11.8. The number of rotatable bonds is 4. The van der Waals surface area contributed by atoms with Gasteiger partial charge in [-0.25, -0.2) is 9.37 Å². The first kappa shape index (κ1) is 19.8. The molecule has 5 heteroatoms. The van der Waals surface area contributed by atoms with Crippen LogP contribution >= 0.6 is 0 Å². The molecule has 0 aliphatic rings. The van der Waals surface area contributed by atoms with Crippen molar-refractivity contribution in [3.05, 3.63) is 113 Å². The van der Waals surface area contributed by atoms with Crippen LogP contribution in [-0.4, -0.2) is 9.97 Å². The monoisotopic (exact) mass is 421 g/mol. The van der Waals surface area contributed by atoms with E-state index in [4.69, 9.17) is 10.7 Å². The molecule has 5 rings (SSSR count). The molecule has 0 saturated heterocycles. The number of hydrogen-bond donors (Lipinski definition) is 2. The Labute approximate surface area is 184 Å². The number of aromatic amines is 1. The predicted octanol–water partition coefficient (Wildman–Crippen LogP) is 5.52. The average molecular weight is 421 g/mol. The molecule has 156 valence electrons. The first-order chi connectivity index (χ1) is 15.6. The number of fused-ring (bicyclic) bond motifs is 1. The van der Waals surface area contributed by atoms with E-state index in [0.29, 0.717) is 28.6 Å². The lowest BCUT2D eigenvalue weighted by molar-refractivity contribution is 0.628. The van der Waals surface area contributed by atoms with Gasteiger partial charge in [0.15, 0.2) is 0 Å². The molecule has 0 atom stereocenters. The molecule has 0 aliphatic carbocycles. The molecule has 0 radical (unpaired) electrons. The number of nitrogens with one attached hydrogen (secondary N) is 1. The number of nitrogens with zero attached hydrogens (tertiary/aromatic N) is 1. The minimum atomic E-state index is -0.347. The van der Waals surface area contributed by atoms with Crippen molar-refractivity contribution < 1.29 is 4.39 Å². The summed E-state index contributed by atoms with van der Waals surface area (Å²) < 4.78 is 13.9. The van der Waals surface area contributed by atoms with Gasteiger partial charge in [0.05, 0.1) is 16.6 Å². The lowest BCUT2D eigenvalue weighted by Gasteiger charge is -2.14. The highest BCUT2D eigenvalue weighted by Gasteiger charge is 2.16. The molecule has 0 aliphatic heterocycles. The topological polar surface area (TPSA) is 71.8 Å². The summed E-state index contributed by atoms with van der Waals surface area (Å²) in [6.45, 7) is 0.454. The van der Waals surface area contributed by atoms with Crippen molar-refractivity contribution in [1.82, 2.24) is 9.97 Å². The third-order valence-electron chi connectivity index (χ3n) is 5.55. The molecule has 5 aromatic rings. The zero-order valence-electron chi connectivity index (χ0n) is 17.2. The van der Waals surface area contributed by atoms with Gasteiger partial charge in [0.25, 0.3) is 5.56 Å². The van der Waals surface area contributed by atoms with Crippen molar-refractivity contribution in [3.63, 3.8) is 0 Å². The molecule has 0 unspecified atom stereocenters. The fourth-order valence-corrected chi connectivity index (χ4v) is 3.91. The Kier molecular flexibility index (Phi) is 5.09. The largest absolute Gasteiger partial charge is 0.328 e. The molecular weight excluding hydrogens is 401 g/mol. The maximum atomic E-state index is 13.9. The van der Waals surface area contributed by atoms with Crippen molar-refractivity contribution in [1.29, 1.82) is 0 Å². The standard InChI is InChI=1S/C27H20FN3O/c28-21-8-4-7-20(13-21)24-16-30-27(32)23-14-22(18-5-2-1-3-6-18)25(31-26(23)24)19-11-9-17(15-29)10-12-19/h1-14,16H,15,29H2,(H,30,32). The molecule has 0 fully saturated rings. The van der Waals surface area contributed by atoms with Crippen LogP contribution in [0.5, 0.6) is 0 Å². The predicted molar refractivity (Wildman–Crippen MR) is 127 cm³/mol. The first-order valence-electron chi connectivity index (χ1n) is 10.3. The fourth-order valence-electron chi connectivity index (χ4n) is 3.91. The highest BCUT2D eigenvalue weighted by molar-refractivity contribution is 5.98. The van der Waals surface area contributed by atoms with Gasteiger partial charge in [-0.1, -0.05) is 66.7 Å². The van der Waals surface area contributed by atoms with Crippen molar-refractivity contribution >= 4 is 10.9 Å². The number of benzene rings is 3. The van der Waals surface area contributed by atoms with Gasteiger partial charge >= 0.3 is 0 Å². The van der Waals surface area contributed by atoms with Crippen LogP contribution in [0.15, 0.2) is 95.9 Å². The zero-order valence-corrected chi connectivity index (χ0v) is 17.2. The first-order valence-corrected chi connectivity index (χ1v) is 10.3. The molecule has 0 saturated carbocycles. The number of halogens is 1. The molecular formula is C27H20FN3O. The highest BCUT2D eigenvalue weighted by atomic mass is 19.1. The van der Waals surface area contributed by atoms with Gasteiger partial charge in [-0.15, -0.1) is 0 Å². The minimum Gasteiger partial charge on any atom is -0.328 e. The number of hydrogen-bond acceptors (Lipinski definition) is 3. The second-order valence-corrected chi connectivity index (χ2v) is 7.59. The van der Waals surface area contributed by atoms with E-state index < -0.39 is 0 Å². The van der Waals surface area contributed by atoms with Crippen LogP contribution in [0.25, 0.3) is 44.4 Å². The summed E-state index contributed by atoms with van der Waals surface area (Å²) in [5, 5.41) is 0.452. The van der Waals surface area contributed by atoms with E-state index in [-0.39, 0.29) is 11.4 Å². The second-order valence-electron chi connectivity index (χ2n) is 7.59. The Balaban J connectivity index is 1.84. The van der Waals surface area contributed by atoms with Crippen molar-refractivity contribution in [2.45, 2.75) is 6.54 Å². The quantitative estimate of drug-likeness (QED) is 0.401. The van der Waals surface area contributed by atoms with Crippen LogP contribution in [0.2, 0.25) is 0 Å². The van der Waals surface area contributed by atoms with Gasteiger partial charge in [-0.05, 0) is 34.9 Å². The van der Waals surface area contributed by atoms with Crippen LogP contribution in [-0.2, 0) is 6.54 Å². The number of aromatic nitrogens is 2. The van der Waals surface area contributed by atoms with Gasteiger partial charge in [-0.3, -0.25) is 4.79 Å². The van der Waals surface area contributed by atoms with Gasteiger partial charge < -0.3 is 10.7 Å². The van der Waals surface area contributed by atoms with Crippen LogP contribution in [0.1, 0.15) is 5.56 Å². The van der Waals surface area contributed by atoms with Gasteiger partial charge in [-0.2, -0.15) is 0 Å². The highest BCUT2D eigenvalue weighted by Crippen LogP contribution is 2.35. The molecule has 3 N–H and O–H groups in total. The zero-order chi connectivity index (χ0) is 22.1.